The van der Waals surface area contributed by atoms with E-state index in [1.165, 1.54) is 16.4 Å². The van der Waals surface area contributed by atoms with E-state index in [9.17, 15) is 4.79 Å². The number of carbonyl (C=O) groups excluding carboxylic acids is 1. The van der Waals surface area contributed by atoms with Gasteiger partial charge in [0.25, 0.3) is 0 Å². The van der Waals surface area contributed by atoms with E-state index in [0.29, 0.717) is 4.48 Å². The molecule has 0 bridgehead atoms. The summed E-state index contributed by atoms with van der Waals surface area (Å²) < 4.78 is 10.4. The fourth-order valence-corrected chi connectivity index (χ4v) is 7.01. The molecule has 1 spiro atoms. The number of amides is 1. The van der Waals surface area contributed by atoms with Gasteiger partial charge in [-0.2, -0.15) is 4.57 Å². The number of aryl methyl sites for hydroxylation is 1. The third kappa shape index (κ3) is 3.80. The van der Waals surface area contributed by atoms with Crippen LogP contribution in [0.15, 0.2) is 66.2 Å². The van der Waals surface area contributed by atoms with Gasteiger partial charge >= 0.3 is 5.91 Å². The number of piperidine rings is 1. The summed E-state index contributed by atoms with van der Waals surface area (Å²) in [6.07, 6.45) is 4.90. The van der Waals surface area contributed by atoms with Crippen LogP contribution in [0.25, 0.3) is 16.9 Å². The van der Waals surface area contributed by atoms with Gasteiger partial charge in [-0.1, -0.05) is 18.3 Å². The number of rotatable bonds is 4. The maximum absolute atomic E-state index is 13.8. The Kier molecular flexibility index (Phi) is 5.73. The second kappa shape index (κ2) is 8.85. The lowest BCUT2D eigenvalue weighted by Gasteiger charge is -2.48. The van der Waals surface area contributed by atoms with Crippen molar-refractivity contribution in [3.63, 3.8) is 0 Å². The summed E-state index contributed by atoms with van der Waals surface area (Å²) in [5.41, 5.74) is 6.41. The molecular weight excluding hydrogens is 480 g/mol. The third-order valence-electron chi connectivity index (χ3n) is 8.40. The van der Waals surface area contributed by atoms with Gasteiger partial charge in [0.2, 0.25) is 10.7 Å². The molecule has 2 aliphatic rings. The van der Waals surface area contributed by atoms with E-state index >= 15 is 0 Å². The molecule has 2 aliphatic heterocycles. The van der Waals surface area contributed by atoms with Gasteiger partial charge in [0, 0.05) is 42.8 Å². The number of nitrogens with zero attached hydrogens (tertiary/aromatic N) is 3. The number of anilines is 1. The first kappa shape index (κ1) is 23.9. The van der Waals surface area contributed by atoms with Crippen molar-refractivity contribution in [2.75, 3.05) is 32.6 Å². The number of ether oxygens (including phenoxy) is 1. The highest BCUT2D eigenvalue weighted by atomic mass is 32.1. The fourth-order valence-electron chi connectivity index (χ4n) is 6.05. The van der Waals surface area contributed by atoms with Crippen molar-refractivity contribution in [2.45, 2.75) is 31.7 Å². The molecular formula is C30H34N4O2S+2. The quantitative estimate of drug-likeness (QED) is 0.297. The topological polar surface area (TPSA) is 47.1 Å². The van der Waals surface area contributed by atoms with Crippen molar-refractivity contribution in [1.29, 1.82) is 0 Å². The van der Waals surface area contributed by atoms with Gasteiger partial charge < -0.3 is 14.6 Å². The number of likely N-dealkylation sites (tertiary alicyclic amines) is 1. The van der Waals surface area contributed by atoms with Crippen molar-refractivity contribution in [2.24, 2.45) is 7.05 Å². The Morgan fingerprint density at radius 1 is 1.16 bits per heavy atom. The van der Waals surface area contributed by atoms with E-state index in [1.807, 2.05) is 18.2 Å². The molecule has 0 unspecified atom stereocenters. The molecule has 4 heterocycles. The summed E-state index contributed by atoms with van der Waals surface area (Å²) in [6, 6.07) is 18.7. The first-order chi connectivity index (χ1) is 17.9. The highest BCUT2D eigenvalue weighted by molar-refractivity contribution is 7.09. The lowest BCUT2D eigenvalue weighted by atomic mass is 9.81. The monoisotopic (exact) mass is 514 g/mol. The molecule has 6 rings (SSSR count). The average Bonchev–Trinajstić information content (AvgIpc) is 3.57. The minimum Gasteiger partial charge on any atom is -0.497 e. The molecule has 1 amide bonds. The molecule has 0 saturated carbocycles. The Morgan fingerprint density at radius 2 is 1.92 bits per heavy atom. The zero-order chi connectivity index (χ0) is 25.8. The largest absolute Gasteiger partial charge is 0.497 e. The van der Waals surface area contributed by atoms with Crippen LogP contribution in [-0.4, -0.2) is 42.2 Å². The Labute approximate surface area is 222 Å². The third-order valence-corrected chi connectivity index (χ3v) is 9.58. The van der Waals surface area contributed by atoms with Crippen molar-refractivity contribution < 1.29 is 18.6 Å². The molecule has 1 fully saturated rings. The number of carbonyl (C=O) groups is 1. The predicted octanol–water partition coefficient (Wildman–Crippen LogP) is 5.30. The Hall–Kier alpha value is -3.42. The number of methoxy groups -OCH3 is 1. The van der Waals surface area contributed by atoms with Crippen molar-refractivity contribution in [3.8, 4) is 22.7 Å². The van der Waals surface area contributed by atoms with E-state index in [2.05, 4.69) is 83.4 Å². The zero-order valence-electron chi connectivity index (χ0n) is 22.0. The molecule has 0 radical (unpaired) electrons. The minimum atomic E-state index is -0.199. The summed E-state index contributed by atoms with van der Waals surface area (Å²) in [5.74, 6) is 1.03. The molecule has 6 nitrogen and oxygen atoms in total. The Bertz CT molecular complexity index is 1480. The molecule has 0 aliphatic carbocycles. The van der Waals surface area contributed by atoms with E-state index in [4.69, 9.17) is 4.74 Å². The van der Waals surface area contributed by atoms with Crippen LogP contribution < -0.4 is 14.6 Å². The number of quaternary nitrogens is 1. The molecule has 7 heteroatoms. The maximum Gasteiger partial charge on any atom is 0.345 e. The Balaban J connectivity index is 1.23. The number of nitrogens with one attached hydrogen (secondary N) is 1. The number of benzene rings is 2. The van der Waals surface area contributed by atoms with Gasteiger partial charge in [-0.3, -0.25) is 4.48 Å². The van der Waals surface area contributed by atoms with Gasteiger partial charge in [0.15, 0.2) is 0 Å². The highest BCUT2D eigenvalue weighted by Gasteiger charge is 2.48. The normalized spacial score (nSPS) is 22.3. The summed E-state index contributed by atoms with van der Waals surface area (Å²) in [7, 11) is 5.91. The summed E-state index contributed by atoms with van der Waals surface area (Å²) in [4.78, 5) is 13.8. The average molecular weight is 515 g/mol. The SMILES string of the molecule is CCc1scc(-c2ccc(C(=O)[N+]3(C)CCC4(CC3)Nc3cc(OC)ccc3-n3cccc34)cc2)[n+]1C. The molecule has 37 heavy (non-hydrogen) atoms. The lowest BCUT2D eigenvalue weighted by Crippen LogP contribution is -2.59. The van der Waals surface area contributed by atoms with Gasteiger partial charge in [0.05, 0.1) is 55.1 Å². The first-order valence-electron chi connectivity index (χ1n) is 13.0. The van der Waals surface area contributed by atoms with Crippen molar-refractivity contribution >= 4 is 22.9 Å². The van der Waals surface area contributed by atoms with Crippen LogP contribution in [0, 0.1) is 0 Å². The number of fused-ring (bicyclic) bond motifs is 4. The second-order valence-electron chi connectivity index (χ2n) is 10.5. The van der Waals surface area contributed by atoms with Crippen LogP contribution >= 0.6 is 11.3 Å². The minimum absolute atomic E-state index is 0.193. The van der Waals surface area contributed by atoms with Crippen LogP contribution in [-0.2, 0) is 19.0 Å². The summed E-state index contributed by atoms with van der Waals surface area (Å²) in [5, 5.41) is 7.41. The van der Waals surface area contributed by atoms with Crippen LogP contribution in [0.4, 0.5) is 5.69 Å². The molecule has 2 aromatic heterocycles. The van der Waals surface area contributed by atoms with Crippen LogP contribution in [0.1, 0.15) is 40.8 Å². The standard InChI is InChI=1S/C30H34N4O2S/c1-5-28-32(2)26(20-37-28)21-8-10-22(11-9-21)29(35)34(3)17-14-30(15-18-34)27-7-6-16-33(27)25-13-12-23(36-4)19-24(25)31-30/h6-13,16,19-20,31H,5,14-15,17-18H2,1-4H3/q+2. The summed E-state index contributed by atoms with van der Waals surface area (Å²) >= 11 is 1.79. The zero-order valence-corrected chi connectivity index (χ0v) is 22.8. The van der Waals surface area contributed by atoms with Gasteiger partial charge in [0.1, 0.15) is 12.8 Å². The van der Waals surface area contributed by atoms with Gasteiger partial charge in [-0.05, 0) is 48.5 Å². The van der Waals surface area contributed by atoms with Crippen LogP contribution in [0.5, 0.6) is 5.75 Å². The van der Waals surface area contributed by atoms with Crippen LogP contribution in [0.3, 0.4) is 0 Å². The van der Waals surface area contributed by atoms with Crippen LogP contribution in [0.2, 0.25) is 0 Å². The number of hydrogen-bond donors (Lipinski definition) is 1. The number of hydrogen-bond acceptors (Lipinski definition) is 4. The fraction of sp³-hybridized carbons (Fsp3) is 0.333. The molecule has 4 aromatic rings. The first-order valence-corrected chi connectivity index (χ1v) is 13.9. The smallest absolute Gasteiger partial charge is 0.345 e. The predicted molar refractivity (Wildman–Crippen MR) is 147 cm³/mol. The van der Waals surface area contributed by atoms with Crippen molar-refractivity contribution in [1.82, 2.24) is 4.57 Å². The second-order valence-corrected chi connectivity index (χ2v) is 11.4. The summed E-state index contributed by atoms with van der Waals surface area (Å²) in [6.45, 7) is 3.73. The number of aromatic nitrogens is 2. The van der Waals surface area contributed by atoms with E-state index in [-0.39, 0.29) is 11.4 Å². The van der Waals surface area contributed by atoms with Gasteiger partial charge in [-0.25, -0.2) is 4.79 Å². The van der Waals surface area contributed by atoms with Crippen molar-refractivity contribution in [3.05, 3.63) is 82.4 Å². The van der Waals surface area contributed by atoms with E-state index < -0.39 is 0 Å². The highest BCUT2D eigenvalue weighted by Crippen LogP contribution is 2.45. The molecule has 1 saturated heterocycles. The van der Waals surface area contributed by atoms with Gasteiger partial charge in [-0.15, -0.1) is 0 Å². The molecule has 1 N–H and O–H groups in total. The number of thiazole rings is 1. The molecule has 2 aromatic carbocycles. The Morgan fingerprint density at radius 3 is 2.59 bits per heavy atom. The maximum atomic E-state index is 13.8. The van der Waals surface area contributed by atoms with E-state index in [0.717, 1.165) is 60.6 Å². The lowest BCUT2D eigenvalue weighted by molar-refractivity contribution is -0.835. The van der Waals surface area contributed by atoms with E-state index in [1.54, 1.807) is 18.4 Å². The molecule has 0 atom stereocenters. The molecule has 190 valence electrons.